The third kappa shape index (κ3) is 6.26. The number of guanidine groups is 1. The maximum atomic E-state index is 5.53. The maximum Gasteiger partial charge on any atom is 0.191 e. The van der Waals surface area contributed by atoms with Crippen molar-refractivity contribution < 1.29 is 4.74 Å². The number of rotatable bonds is 7. The average Bonchev–Trinajstić information content (AvgIpc) is 3.19. The minimum atomic E-state index is 0.398. The SMILES string of the molecule is CN=C(NCC1CCCN(CC(C)C)C1)NC1CCN(c2ccccc2OC)C1. The summed E-state index contributed by atoms with van der Waals surface area (Å²) in [5.41, 5.74) is 1.18. The second kappa shape index (κ2) is 10.7. The van der Waals surface area contributed by atoms with E-state index in [1.165, 1.54) is 38.2 Å². The van der Waals surface area contributed by atoms with Gasteiger partial charge in [-0.3, -0.25) is 4.99 Å². The minimum Gasteiger partial charge on any atom is -0.495 e. The van der Waals surface area contributed by atoms with Crippen LogP contribution in [0.5, 0.6) is 5.75 Å². The molecule has 1 aromatic carbocycles. The van der Waals surface area contributed by atoms with Gasteiger partial charge in [0.25, 0.3) is 0 Å². The summed E-state index contributed by atoms with van der Waals surface area (Å²) in [6.45, 7) is 11.3. The highest BCUT2D eigenvalue weighted by atomic mass is 16.5. The molecule has 2 saturated heterocycles. The lowest BCUT2D eigenvalue weighted by Crippen LogP contribution is -2.48. The predicted molar refractivity (Wildman–Crippen MR) is 122 cm³/mol. The van der Waals surface area contributed by atoms with Crippen LogP contribution in [0.15, 0.2) is 29.3 Å². The molecule has 0 aromatic heterocycles. The summed E-state index contributed by atoms with van der Waals surface area (Å²) < 4.78 is 5.53. The molecule has 2 heterocycles. The number of piperidine rings is 1. The monoisotopic (exact) mass is 401 g/mol. The van der Waals surface area contributed by atoms with E-state index in [2.05, 4.69) is 51.4 Å². The normalized spacial score (nSPS) is 23.5. The molecule has 2 atom stereocenters. The van der Waals surface area contributed by atoms with E-state index in [9.17, 15) is 0 Å². The highest BCUT2D eigenvalue weighted by Gasteiger charge is 2.26. The fraction of sp³-hybridized carbons (Fsp3) is 0.696. The van der Waals surface area contributed by atoms with E-state index < -0.39 is 0 Å². The Kier molecular flexibility index (Phi) is 8.04. The smallest absolute Gasteiger partial charge is 0.191 e. The molecular formula is C23H39N5O. The van der Waals surface area contributed by atoms with Crippen molar-refractivity contribution in [3.8, 4) is 5.75 Å². The van der Waals surface area contributed by atoms with Crippen LogP contribution in [0.25, 0.3) is 0 Å². The standard InChI is InChI=1S/C23H39N5O/c1-18(2)15-27-12-7-8-19(16-27)14-25-23(24-3)26-20-11-13-28(17-20)21-9-5-6-10-22(21)29-4/h5-6,9-10,18-20H,7-8,11-17H2,1-4H3,(H2,24,25,26). The van der Waals surface area contributed by atoms with Crippen molar-refractivity contribution in [2.45, 2.75) is 39.2 Å². The number of benzene rings is 1. The number of hydrogen-bond acceptors (Lipinski definition) is 4. The lowest BCUT2D eigenvalue weighted by atomic mass is 9.97. The molecule has 2 fully saturated rings. The largest absolute Gasteiger partial charge is 0.495 e. The highest BCUT2D eigenvalue weighted by Crippen LogP contribution is 2.30. The van der Waals surface area contributed by atoms with Crippen LogP contribution in [0.2, 0.25) is 0 Å². The van der Waals surface area contributed by atoms with Crippen LogP contribution in [-0.2, 0) is 0 Å². The van der Waals surface area contributed by atoms with Gasteiger partial charge in [-0.15, -0.1) is 0 Å². The number of anilines is 1. The first-order valence-electron chi connectivity index (χ1n) is 11.2. The van der Waals surface area contributed by atoms with Gasteiger partial charge in [0.1, 0.15) is 5.75 Å². The van der Waals surface area contributed by atoms with Crippen molar-refractivity contribution in [1.82, 2.24) is 15.5 Å². The van der Waals surface area contributed by atoms with Gasteiger partial charge in [0.2, 0.25) is 0 Å². The third-order valence-electron chi connectivity index (χ3n) is 5.96. The molecule has 0 amide bonds. The lowest BCUT2D eigenvalue weighted by Gasteiger charge is -2.34. The second-order valence-electron chi connectivity index (χ2n) is 8.86. The minimum absolute atomic E-state index is 0.398. The van der Waals surface area contributed by atoms with Crippen molar-refractivity contribution in [3.05, 3.63) is 24.3 Å². The molecule has 162 valence electrons. The zero-order chi connectivity index (χ0) is 20.6. The summed E-state index contributed by atoms with van der Waals surface area (Å²) in [6.07, 6.45) is 3.72. The Morgan fingerprint density at radius 1 is 1.21 bits per heavy atom. The van der Waals surface area contributed by atoms with Gasteiger partial charge in [0.05, 0.1) is 12.8 Å². The molecule has 2 aliphatic rings. The molecule has 3 rings (SSSR count). The van der Waals surface area contributed by atoms with Crippen molar-refractivity contribution >= 4 is 11.6 Å². The predicted octanol–water partition coefficient (Wildman–Crippen LogP) is 2.81. The Bertz CT molecular complexity index is 662. The summed E-state index contributed by atoms with van der Waals surface area (Å²) in [4.78, 5) is 9.49. The molecule has 0 aliphatic carbocycles. The molecule has 29 heavy (non-hydrogen) atoms. The molecule has 0 saturated carbocycles. The van der Waals surface area contributed by atoms with E-state index in [0.29, 0.717) is 12.0 Å². The quantitative estimate of drug-likeness (QED) is 0.544. The molecule has 6 heteroatoms. The summed E-state index contributed by atoms with van der Waals surface area (Å²) >= 11 is 0. The van der Waals surface area contributed by atoms with Crippen molar-refractivity contribution in [3.63, 3.8) is 0 Å². The topological polar surface area (TPSA) is 52.1 Å². The number of aliphatic imine (C=N–C) groups is 1. The van der Waals surface area contributed by atoms with E-state index >= 15 is 0 Å². The Labute approximate surface area is 176 Å². The van der Waals surface area contributed by atoms with Gasteiger partial charge in [-0.1, -0.05) is 26.0 Å². The molecule has 2 N–H and O–H groups in total. The van der Waals surface area contributed by atoms with E-state index in [-0.39, 0.29) is 0 Å². The first-order valence-corrected chi connectivity index (χ1v) is 11.2. The third-order valence-corrected chi connectivity index (χ3v) is 5.96. The molecule has 2 unspecified atom stereocenters. The summed E-state index contributed by atoms with van der Waals surface area (Å²) in [5.74, 6) is 3.32. The Balaban J connectivity index is 1.46. The fourth-order valence-electron chi connectivity index (χ4n) is 4.62. The summed E-state index contributed by atoms with van der Waals surface area (Å²) in [7, 11) is 3.61. The number of nitrogens with zero attached hydrogens (tertiary/aromatic N) is 3. The molecular weight excluding hydrogens is 362 g/mol. The van der Waals surface area contributed by atoms with Crippen LogP contribution in [0, 0.1) is 11.8 Å². The van der Waals surface area contributed by atoms with Crippen LogP contribution in [0.1, 0.15) is 33.1 Å². The fourth-order valence-corrected chi connectivity index (χ4v) is 4.62. The molecule has 6 nitrogen and oxygen atoms in total. The lowest BCUT2D eigenvalue weighted by molar-refractivity contribution is 0.159. The first-order chi connectivity index (χ1) is 14.1. The van der Waals surface area contributed by atoms with Gasteiger partial charge in [0.15, 0.2) is 5.96 Å². The molecule has 2 aliphatic heterocycles. The number of hydrogen-bond donors (Lipinski definition) is 2. The Morgan fingerprint density at radius 3 is 2.79 bits per heavy atom. The number of ether oxygens (including phenoxy) is 1. The zero-order valence-electron chi connectivity index (χ0n) is 18.7. The van der Waals surface area contributed by atoms with Gasteiger partial charge >= 0.3 is 0 Å². The van der Waals surface area contributed by atoms with Crippen LogP contribution in [-0.4, -0.2) is 70.3 Å². The molecule has 1 aromatic rings. The second-order valence-corrected chi connectivity index (χ2v) is 8.86. The van der Waals surface area contributed by atoms with Crippen LogP contribution >= 0.6 is 0 Å². The van der Waals surface area contributed by atoms with Gasteiger partial charge in [0, 0.05) is 45.8 Å². The van der Waals surface area contributed by atoms with Gasteiger partial charge in [-0.25, -0.2) is 0 Å². The van der Waals surface area contributed by atoms with E-state index in [1.807, 2.05) is 19.2 Å². The Morgan fingerprint density at radius 2 is 2.03 bits per heavy atom. The average molecular weight is 402 g/mol. The van der Waals surface area contributed by atoms with Gasteiger partial charge in [-0.2, -0.15) is 0 Å². The number of nitrogens with one attached hydrogen (secondary N) is 2. The van der Waals surface area contributed by atoms with Gasteiger partial charge in [-0.05, 0) is 49.8 Å². The molecule has 0 bridgehead atoms. The number of para-hydroxylation sites is 2. The van der Waals surface area contributed by atoms with E-state index in [1.54, 1.807) is 7.11 Å². The highest BCUT2D eigenvalue weighted by molar-refractivity contribution is 5.80. The Hall–Kier alpha value is -1.95. The van der Waals surface area contributed by atoms with E-state index in [4.69, 9.17) is 4.74 Å². The van der Waals surface area contributed by atoms with Crippen molar-refractivity contribution in [1.29, 1.82) is 0 Å². The van der Waals surface area contributed by atoms with E-state index in [0.717, 1.165) is 43.7 Å². The maximum absolute atomic E-state index is 5.53. The van der Waals surface area contributed by atoms with Crippen LogP contribution in [0.3, 0.4) is 0 Å². The molecule has 0 radical (unpaired) electrons. The van der Waals surface area contributed by atoms with Crippen LogP contribution in [0.4, 0.5) is 5.69 Å². The number of likely N-dealkylation sites (tertiary alicyclic amines) is 1. The summed E-state index contributed by atoms with van der Waals surface area (Å²) in [6, 6.07) is 8.66. The van der Waals surface area contributed by atoms with Crippen molar-refractivity contribution in [2.24, 2.45) is 16.8 Å². The zero-order valence-corrected chi connectivity index (χ0v) is 18.7. The number of methoxy groups -OCH3 is 1. The first kappa shape index (κ1) is 21.8. The van der Waals surface area contributed by atoms with Crippen LogP contribution < -0.4 is 20.3 Å². The van der Waals surface area contributed by atoms with Crippen molar-refractivity contribution in [2.75, 3.05) is 58.3 Å². The van der Waals surface area contributed by atoms with Gasteiger partial charge < -0.3 is 25.2 Å². The summed E-state index contributed by atoms with van der Waals surface area (Å²) in [5, 5.41) is 7.21. The molecule has 0 spiro atoms.